The molecule has 0 aliphatic carbocycles. The fraction of sp³-hybridized carbons (Fsp3) is 0.625. The van der Waals surface area contributed by atoms with Gasteiger partial charge in [0.25, 0.3) is 0 Å². The Balaban J connectivity index is 2.34. The predicted octanol–water partition coefficient (Wildman–Crippen LogP) is 3.14. The molecule has 0 amide bonds. The number of likely N-dealkylation sites (N-methyl/N-ethyl adjacent to an activating group) is 1. The molecule has 1 fully saturated rings. The quantitative estimate of drug-likeness (QED) is 0.905. The summed E-state index contributed by atoms with van der Waals surface area (Å²) in [6.45, 7) is 5.11. The Kier molecular flexibility index (Phi) is 4.83. The van der Waals surface area contributed by atoms with Gasteiger partial charge in [-0.05, 0) is 51.3 Å². The van der Waals surface area contributed by atoms with Gasteiger partial charge in [0.1, 0.15) is 5.75 Å². The number of ether oxygens (including phenoxy) is 2. The minimum absolute atomic E-state index is 0.203. The van der Waals surface area contributed by atoms with Gasteiger partial charge in [-0.25, -0.2) is 0 Å². The van der Waals surface area contributed by atoms with Gasteiger partial charge >= 0.3 is 0 Å². The Morgan fingerprint density at radius 2 is 2.11 bits per heavy atom. The van der Waals surface area contributed by atoms with Crippen LogP contribution in [0.4, 0.5) is 0 Å². The van der Waals surface area contributed by atoms with Crippen LogP contribution >= 0.6 is 0 Å². The zero-order valence-electron chi connectivity index (χ0n) is 12.5. The van der Waals surface area contributed by atoms with E-state index < -0.39 is 0 Å². The van der Waals surface area contributed by atoms with Gasteiger partial charge in [0.05, 0.1) is 19.3 Å². The van der Waals surface area contributed by atoms with Gasteiger partial charge in [0, 0.05) is 12.2 Å². The Bertz CT molecular complexity index is 425. The summed E-state index contributed by atoms with van der Waals surface area (Å²) in [4.78, 5) is 0. The lowest BCUT2D eigenvalue weighted by Gasteiger charge is -2.32. The average Bonchev–Trinajstić information content (AvgIpc) is 2.45. The Labute approximate surface area is 116 Å². The molecule has 3 heteroatoms. The average molecular weight is 263 g/mol. The van der Waals surface area contributed by atoms with Crippen molar-refractivity contribution >= 4 is 0 Å². The lowest BCUT2D eigenvalue weighted by atomic mass is 9.92. The van der Waals surface area contributed by atoms with Gasteiger partial charge in [-0.2, -0.15) is 0 Å². The second kappa shape index (κ2) is 6.40. The van der Waals surface area contributed by atoms with Gasteiger partial charge in [0.15, 0.2) is 0 Å². The van der Waals surface area contributed by atoms with E-state index in [2.05, 4.69) is 31.3 Å². The summed E-state index contributed by atoms with van der Waals surface area (Å²) in [6.07, 6.45) is 3.78. The minimum atomic E-state index is 0.203. The molecule has 0 saturated carbocycles. The molecule has 0 aromatic heterocycles. The maximum absolute atomic E-state index is 5.94. The van der Waals surface area contributed by atoms with Crippen molar-refractivity contribution in [2.75, 3.05) is 20.8 Å². The van der Waals surface area contributed by atoms with Crippen LogP contribution in [0.2, 0.25) is 0 Å². The summed E-state index contributed by atoms with van der Waals surface area (Å²) in [7, 11) is 3.75. The lowest BCUT2D eigenvalue weighted by Crippen LogP contribution is -2.34. The third-order valence-corrected chi connectivity index (χ3v) is 4.14. The molecule has 0 spiro atoms. The summed E-state index contributed by atoms with van der Waals surface area (Å²) in [5.41, 5.74) is 3.69. The summed E-state index contributed by atoms with van der Waals surface area (Å²) in [5.74, 6) is 0.994. The zero-order chi connectivity index (χ0) is 13.8. The number of aryl methyl sites for hydroxylation is 1. The molecule has 2 atom stereocenters. The van der Waals surface area contributed by atoms with Crippen molar-refractivity contribution in [3.63, 3.8) is 0 Å². The topological polar surface area (TPSA) is 30.5 Å². The van der Waals surface area contributed by atoms with E-state index in [4.69, 9.17) is 9.47 Å². The smallest absolute Gasteiger partial charge is 0.126 e. The highest BCUT2D eigenvalue weighted by Crippen LogP contribution is 2.35. The molecule has 1 saturated heterocycles. The standard InChI is InChI=1S/C16H25NO2/c1-11-8-9-13(16(18-4)12(11)2)15(17-3)14-7-5-6-10-19-14/h8-9,14-15,17H,5-7,10H2,1-4H3. The number of hydrogen-bond acceptors (Lipinski definition) is 3. The van der Waals surface area contributed by atoms with Gasteiger partial charge in [0.2, 0.25) is 0 Å². The SMILES string of the molecule is CNC(c1ccc(C)c(C)c1OC)C1CCCCO1. The molecule has 0 radical (unpaired) electrons. The molecular formula is C16H25NO2. The molecule has 3 nitrogen and oxygen atoms in total. The van der Waals surface area contributed by atoms with Crippen LogP contribution in [-0.2, 0) is 4.74 Å². The first-order valence-corrected chi connectivity index (χ1v) is 7.12. The largest absolute Gasteiger partial charge is 0.496 e. The van der Waals surface area contributed by atoms with E-state index in [9.17, 15) is 0 Å². The Morgan fingerprint density at radius 3 is 2.68 bits per heavy atom. The van der Waals surface area contributed by atoms with Gasteiger partial charge in [-0.15, -0.1) is 0 Å². The lowest BCUT2D eigenvalue weighted by molar-refractivity contribution is -0.00707. The Morgan fingerprint density at radius 1 is 1.32 bits per heavy atom. The van der Waals surface area contributed by atoms with E-state index >= 15 is 0 Å². The molecule has 1 aliphatic heterocycles. The molecule has 1 heterocycles. The van der Waals surface area contributed by atoms with Crippen LogP contribution in [0.15, 0.2) is 12.1 Å². The number of rotatable bonds is 4. The van der Waals surface area contributed by atoms with Crippen LogP contribution in [0, 0.1) is 13.8 Å². The molecule has 106 valence electrons. The van der Waals surface area contributed by atoms with Crippen LogP contribution in [0.5, 0.6) is 5.75 Å². The van der Waals surface area contributed by atoms with E-state index in [1.807, 2.05) is 7.05 Å². The second-order valence-electron chi connectivity index (χ2n) is 5.30. The van der Waals surface area contributed by atoms with Crippen molar-refractivity contribution in [2.45, 2.75) is 45.3 Å². The molecule has 1 aliphatic rings. The van der Waals surface area contributed by atoms with Crippen LogP contribution < -0.4 is 10.1 Å². The van der Waals surface area contributed by atoms with Crippen molar-refractivity contribution in [3.05, 3.63) is 28.8 Å². The molecule has 0 bridgehead atoms. The third kappa shape index (κ3) is 2.93. The molecule has 1 aromatic rings. The first-order chi connectivity index (χ1) is 9.19. The van der Waals surface area contributed by atoms with Crippen LogP contribution in [0.1, 0.15) is 42.0 Å². The molecule has 1 aromatic carbocycles. The number of methoxy groups -OCH3 is 1. The van der Waals surface area contributed by atoms with E-state index in [0.717, 1.165) is 18.8 Å². The van der Waals surface area contributed by atoms with Crippen LogP contribution in [0.25, 0.3) is 0 Å². The summed E-state index contributed by atoms with van der Waals surface area (Å²) in [5, 5.41) is 3.40. The van der Waals surface area contributed by atoms with Crippen molar-refractivity contribution < 1.29 is 9.47 Å². The monoisotopic (exact) mass is 263 g/mol. The second-order valence-corrected chi connectivity index (χ2v) is 5.30. The number of benzene rings is 1. The van der Waals surface area contributed by atoms with Crippen molar-refractivity contribution in [1.82, 2.24) is 5.32 Å². The highest BCUT2D eigenvalue weighted by Gasteiger charge is 2.27. The number of nitrogens with one attached hydrogen (secondary N) is 1. The van der Waals surface area contributed by atoms with Crippen LogP contribution in [0.3, 0.4) is 0 Å². The highest BCUT2D eigenvalue weighted by atomic mass is 16.5. The van der Waals surface area contributed by atoms with E-state index in [-0.39, 0.29) is 12.1 Å². The summed E-state index contributed by atoms with van der Waals surface area (Å²) in [6, 6.07) is 4.54. The van der Waals surface area contributed by atoms with E-state index in [1.165, 1.54) is 29.5 Å². The zero-order valence-corrected chi connectivity index (χ0v) is 12.5. The highest BCUT2D eigenvalue weighted by molar-refractivity contribution is 5.47. The van der Waals surface area contributed by atoms with Gasteiger partial charge in [-0.3, -0.25) is 0 Å². The molecule has 2 rings (SSSR count). The number of hydrogen-bond donors (Lipinski definition) is 1. The van der Waals surface area contributed by atoms with Crippen molar-refractivity contribution in [1.29, 1.82) is 0 Å². The molecule has 1 N–H and O–H groups in total. The molecule has 19 heavy (non-hydrogen) atoms. The van der Waals surface area contributed by atoms with Gasteiger partial charge < -0.3 is 14.8 Å². The first kappa shape index (κ1) is 14.4. The fourth-order valence-electron chi connectivity index (χ4n) is 2.90. The third-order valence-electron chi connectivity index (χ3n) is 4.14. The molecular weight excluding hydrogens is 238 g/mol. The van der Waals surface area contributed by atoms with E-state index in [0.29, 0.717) is 0 Å². The predicted molar refractivity (Wildman–Crippen MR) is 77.9 cm³/mol. The normalized spacial score (nSPS) is 21.2. The maximum Gasteiger partial charge on any atom is 0.126 e. The van der Waals surface area contributed by atoms with Crippen LogP contribution in [-0.4, -0.2) is 26.9 Å². The summed E-state index contributed by atoms with van der Waals surface area (Å²) >= 11 is 0. The van der Waals surface area contributed by atoms with Crippen molar-refractivity contribution in [2.24, 2.45) is 0 Å². The Hall–Kier alpha value is -1.06. The summed E-state index contributed by atoms with van der Waals surface area (Å²) < 4.78 is 11.6. The van der Waals surface area contributed by atoms with E-state index in [1.54, 1.807) is 7.11 Å². The molecule has 2 unspecified atom stereocenters. The van der Waals surface area contributed by atoms with Crippen molar-refractivity contribution in [3.8, 4) is 5.75 Å². The fourth-order valence-corrected chi connectivity index (χ4v) is 2.90. The first-order valence-electron chi connectivity index (χ1n) is 7.12. The minimum Gasteiger partial charge on any atom is -0.496 e. The van der Waals surface area contributed by atoms with Gasteiger partial charge in [-0.1, -0.05) is 12.1 Å². The maximum atomic E-state index is 5.94.